The predicted octanol–water partition coefficient (Wildman–Crippen LogP) is 1.97. The average molecular weight is 420 g/mol. The summed E-state index contributed by atoms with van der Waals surface area (Å²) in [5.41, 5.74) is 0. The maximum absolute atomic E-state index is 12.1. The van der Waals surface area contributed by atoms with Crippen LogP contribution in [0.3, 0.4) is 0 Å². The molecule has 0 spiro atoms. The molecule has 0 aliphatic rings. The van der Waals surface area contributed by atoms with E-state index in [1.807, 2.05) is 0 Å². The van der Waals surface area contributed by atoms with Crippen molar-refractivity contribution in [2.45, 2.75) is 31.6 Å². The Morgan fingerprint density at radius 3 is 2.33 bits per heavy atom. The van der Waals surface area contributed by atoms with Crippen LogP contribution in [0, 0.1) is 0 Å². The molecular formula is C16H26BrN3O3S. The van der Waals surface area contributed by atoms with E-state index in [0.717, 1.165) is 30.5 Å². The van der Waals surface area contributed by atoms with Crippen molar-refractivity contribution in [2.75, 3.05) is 32.7 Å². The molecule has 6 nitrogen and oxygen atoms in total. The number of amides is 1. The summed E-state index contributed by atoms with van der Waals surface area (Å²) in [6.45, 7) is 7.86. The van der Waals surface area contributed by atoms with E-state index < -0.39 is 10.0 Å². The van der Waals surface area contributed by atoms with Gasteiger partial charge in [0.2, 0.25) is 15.9 Å². The van der Waals surface area contributed by atoms with Crippen LogP contribution in [0.15, 0.2) is 33.6 Å². The van der Waals surface area contributed by atoms with E-state index in [1.165, 1.54) is 12.1 Å². The minimum Gasteiger partial charge on any atom is -0.356 e. The lowest BCUT2D eigenvalue weighted by Crippen LogP contribution is -2.32. The van der Waals surface area contributed by atoms with Gasteiger partial charge in [-0.3, -0.25) is 4.79 Å². The minimum absolute atomic E-state index is 0.0836. The van der Waals surface area contributed by atoms with Crippen molar-refractivity contribution >= 4 is 31.9 Å². The van der Waals surface area contributed by atoms with Crippen molar-refractivity contribution in [1.29, 1.82) is 0 Å². The third kappa shape index (κ3) is 7.74. The molecule has 0 fully saturated rings. The number of rotatable bonds is 11. The molecule has 24 heavy (non-hydrogen) atoms. The molecule has 2 N–H and O–H groups in total. The summed E-state index contributed by atoms with van der Waals surface area (Å²) >= 11 is 3.26. The van der Waals surface area contributed by atoms with Gasteiger partial charge in [-0.05, 0) is 50.3 Å². The molecule has 1 rings (SSSR count). The van der Waals surface area contributed by atoms with Gasteiger partial charge >= 0.3 is 0 Å². The highest BCUT2D eigenvalue weighted by Crippen LogP contribution is 2.14. The Balaban J connectivity index is 2.26. The van der Waals surface area contributed by atoms with Crippen molar-refractivity contribution in [1.82, 2.24) is 14.9 Å². The SMILES string of the molecule is CCN(CC)CCCNC(=O)CCNS(=O)(=O)c1ccc(Br)cc1. The predicted molar refractivity (Wildman–Crippen MR) is 99.4 cm³/mol. The van der Waals surface area contributed by atoms with Gasteiger partial charge in [-0.15, -0.1) is 0 Å². The molecule has 0 aliphatic carbocycles. The van der Waals surface area contributed by atoms with Gasteiger partial charge in [0.15, 0.2) is 0 Å². The standard InChI is InChI=1S/C16H26BrN3O3S/c1-3-20(4-2)13-5-11-18-16(21)10-12-19-24(22,23)15-8-6-14(17)7-9-15/h6-9,19H,3-5,10-13H2,1-2H3,(H,18,21). The summed E-state index contributed by atoms with van der Waals surface area (Å²) in [4.78, 5) is 14.2. The molecule has 1 aromatic rings. The van der Waals surface area contributed by atoms with Gasteiger partial charge in [-0.2, -0.15) is 0 Å². The summed E-state index contributed by atoms with van der Waals surface area (Å²) in [5, 5.41) is 2.81. The van der Waals surface area contributed by atoms with Crippen molar-refractivity contribution in [3.63, 3.8) is 0 Å². The first-order chi connectivity index (χ1) is 11.4. The van der Waals surface area contributed by atoms with E-state index >= 15 is 0 Å². The van der Waals surface area contributed by atoms with Gasteiger partial charge < -0.3 is 10.2 Å². The van der Waals surface area contributed by atoms with Crippen LogP contribution in [-0.4, -0.2) is 51.9 Å². The third-order valence-corrected chi connectivity index (χ3v) is 5.64. The van der Waals surface area contributed by atoms with Crippen molar-refractivity contribution in [2.24, 2.45) is 0 Å². The highest BCUT2D eigenvalue weighted by Gasteiger charge is 2.13. The fourth-order valence-electron chi connectivity index (χ4n) is 2.15. The monoisotopic (exact) mass is 419 g/mol. The highest BCUT2D eigenvalue weighted by atomic mass is 79.9. The van der Waals surface area contributed by atoms with Crippen molar-refractivity contribution in [3.8, 4) is 0 Å². The number of benzene rings is 1. The molecule has 0 aliphatic heterocycles. The van der Waals surface area contributed by atoms with Gasteiger partial charge in [0.1, 0.15) is 0 Å². The largest absolute Gasteiger partial charge is 0.356 e. The third-order valence-electron chi connectivity index (χ3n) is 3.64. The van der Waals surface area contributed by atoms with Crippen LogP contribution < -0.4 is 10.0 Å². The second kappa shape index (κ2) is 10.8. The maximum Gasteiger partial charge on any atom is 0.240 e. The van der Waals surface area contributed by atoms with E-state index in [1.54, 1.807) is 12.1 Å². The van der Waals surface area contributed by atoms with Crippen molar-refractivity contribution in [3.05, 3.63) is 28.7 Å². The summed E-state index contributed by atoms with van der Waals surface area (Å²) in [6, 6.07) is 6.35. The summed E-state index contributed by atoms with van der Waals surface area (Å²) in [5.74, 6) is -0.145. The fourth-order valence-corrected chi connectivity index (χ4v) is 3.45. The Labute approximate surface area is 153 Å². The molecule has 0 atom stereocenters. The molecule has 8 heteroatoms. The van der Waals surface area contributed by atoms with Crippen LogP contribution in [0.1, 0.15) is 26.7 Å². The first kappa shape index (κ1) is 21.1. The van der Waals surface area contributed by atoms with E-state index in [2.05, 4.69) is 44.7 Å². The maximum atomic E-state index is 12.1. The Morgan fingerprint density at radius 1 is 1.12 bits per heavy atom. The summed E-state index contributed by atoms with van der Waals surface area (Å²) < 4.78 is 27.4. The Hall–Kier alpha value is -0.960. The number of carbonyl (C=O) groups is 1. The van der Waals surface area contributed by atoms with E-state index in [4.69, 9.17) is 0 Å². The number of hydrogen-bond acceptors (Lipinski definition) is 4. The lowest BCUT2D eigenvalue weighted by molar-refractivity contribution is -0.120. The zero-order valence-electron chi connectivity index (χ0n) is 14.2. The molecule has 0 unspecified atom stereocenters. The molecule has 1 aromatic carbocycles. The van der Waals surface area contributed by atoms with Crippen LogP contribution in [-0.2, 0) is 14.8 Å². The normalized spacial score (nSPS) is 11.7. The molecule has 136 valence electrons. The molecule has 0 bridgehead atoms. The Morgan fingerprint density at radius 2 is 1.75 bits per heavy atom. The Kier molecular flexibility index (Phi) is 9.50. The molecule has 0 heterocycles. The topological polar surface area (TPSA) is 78.5 Å². The highest BCUT2D eigenvalue weighted by molar-refractivity contribution is 9.10. The number of halogens is 1. The smallest absolute Gasteiger partial charge is 0.240 e. The minimum atomic E-state index is -3.57. The second-order valence-electron chi connectivity index (χ2n) is 5.33. The van der Waals surface area contributed by atoms with Gasteiger partial charge in [-0.25, -0.2) is 13.1 Å². The number of carbonyl (C=O) groups excluding carboxylic acids is 1. The number of nitrogens with zero attached hydrogens (tertiary/aromatic N) is 1. The number of nitrogens with one attached hydrogen (secondary N) is 2. The lowest BCUT2D eigenvalue weighted by atomic mass is 10.3. The van der Waals surface area contributed by atoms with Crippen LogP contribution in [0.25, 0.3) is 0 Å². The molecule has 0 saturated carbocycles. The zero-order valence-corrected chi connectivity index (χ0v) is 16.6. The zero-order chi connectivity index (χ0) is 18.0. The van der Waals surface area contributed by atoms with Crippen molar-refractivity contribution < 1.29 is 13.2 Å². The van der Waals surface area contributed by atoms with Crippen LogP contribution >= 0.6 is 15.9 Å². The van der Waals surface area contributed by atoms with E-state index in [-0.39, 0.29) is 23.8 Å². The molecule has 0 radical (unpaired) electrons. The fraction of sp³-hybridized carbons (Fsp3) is 0.562. The number of hydrogen-bond donors (Lipinski definition) is 2. The number of sulfonamides is 1. The summed E-state index contributed by atoms with van der Waals surface area (Å²) in [6.07, 6.45) is 1.01. The van der Waals surface area contributed by atoms with Crippen LogP contribution in [0.4, 0.5) is 0 Å². The molecule has 0 saturated heterocycles. The second-order valence-corrected chi connectivity index (χ2v) is 8.01. The van der Waals surface area contributed by atoms with Gasteiger partial charge in [0, 0.05) is 24.0 Å². The average Bonchev–Trinajstić information content (AvgIpc) is 2.55. The van der Waals surface area contributed by atoms with E-state index in [0.29, 0.717) is 6.54 Å². The van der Waals surface area contributed by atoms with E-state index in [9.17, 15) is 13.2 Å². The molecule has 0 aromatic heterocycles. The Bertz CT molecular complexity index is 601. The lowest BCUT2D eigenvalue weighted by Gasteiger charge is -2.17. The summed E-state index contributed by atoms with van der Waals surface area (Å²) in [7, 11) is -3.57. The van der Waals surface area contributed by atoms with Gasteiger partial charge in [-0.1, -0.05) is 29.8 Å². The van der Waals surface area contributed by atoms with Gasteiger partial charge in [0.25, 0.3) is 0 Å². The molecule has 1 amide bonds. The first-order valence-electron chi connectivity index (χ1n) is 8.13. The van der Waals surface area contributed by atoms with Crippen LogP contribution in [0.5, 0.6) is 0 Å². The van der Waals surface area contributed by atoms with Gasteiger partial charge in [0.05, 0.1) is 4.90 Å². The quantitative estimate of drug-likeness (QED) is 0.537. The molecular weight excluding hydrogens is 394 g/mol. The van der Waals surface area contributed by atoms with Crippen LogP contribution in [0.2, 0.25) is 0 Å². The first-order valence-corrected chi connectivity index (χ1v) is 10.4.